The van der Waals surface area contributed by atoms with Crippen LogP contribution in [0.15, 0.2) is 36.4 Å². The zero-order chi connectivity index (χ0) is 21.3. The van der Waals surface area contributed by atoms with E-state index >= 15 is 0 Å². The van der Waals surface area contributed by atoms with Crippen molar-refractivity contribution in [3.8, 4) is 0 Å². The fourth-order valence-electron chi connectivity index (χ4n) is 3.59. The van der Waals surface area contributed by atoms with Crippen molar-refractivity contribution in [1.29, 1.82) is 0 Å². The third-order valence-electron chi connectivity index (χ3n) is 5.44. The SMILES string of the molecule is CC1CCN(C(=O)c2ccc(C(=O)NCc3nc4cc(Cl)ccc4[nH]3)cc2Cl)CC1. The highest BCUT2D eigenvalue weighted by Crippen LogP contribution is 2.23. The van der Waals surface area contributed by atoms with Gasteiger partial charge in [-0.05, 0) is 55.2 Å². The fraction of sp³-hybridized carbons (Fsp3) is 0.318. The predicted octanol–water partition coefficient (Wildman–Crippen LogP) is 4.67. The summed E-state index contributed by atoms with van der Waals surface area (Å²) < 4.78 is 0. The second-order valence-electron chi connectivity index (χ2n) is 7.70. The summed E-state index contributed by atoms with van der Waals surface area (Å²) in [6.45, 7) is 3.90. The highest BCUT2D eigenvalue weighted by Gasteiger charge is 2.23. The lowest BCUT2D eigenvalue weighted by atomic mass is 9.98. The lowest BCUT2D eigenvalue weighted by molar-refractivity contribution is 0.0697. The number of halogens is 2. The molecule has 30 heavy (non-hydrogen) atoms. The Labute approximate surface area is 184 Å². The third-order valence-corrected chi connectivity index (χ3v) is 5.99. The molecular formula is C22H22Cl2N4O2. The Morgan fingerprint density at radius 1 is 1.17 bits per heavy atom. The number of rotatable bonds is 4. The minimum absolute atomic E-state index is 0.0835. The van der Waals surface area contributed by atoms with Gasteiger partial charge in [0, 0.05) is 23.7 Å². The molecule has 6 nitrogen and oxygen atoms in total. The molecule has 2 amide bonds. The summed E-state index contributed by atoms with van der Waals surface area (Å²) in [6.07, 6.45) is 2.00. The van der Waals surface area contributed by atoms with E-state index in [-0.39, 0.29) is 23.4 Å². The smallest absolute Gasteiger partial charge is 0.255 e. The van der Waals surface area contributed by atoms with Crippen molar-refractivity contribution >= 4 is 46.0 Å². The number of piperidine rings is 1. The van der Waals surface area contributed by atoms with Crippen LogP contribution in [0.4, 0.5) is 0 Å². The summed E-state index contributed by atoms with van der Waals surface area (Å²) in [5, 5.41) is 3.70. The van der Waals surface area contributed by atoms with Crippen LogP contribution < -0.4 is 5.32 Å². The lowest BCUT2D eigenvalue weighted by Crippen LogP contribution is -2.38. The summed E-state index contributed by atoms with van der Waals surface area (Å²) in [5.74, 6) is 0.887. The Morgan fingerprint density at radius 2 is 1.93 bits per heavy atom. The number of amides is 2. The second-order valence-corrected chi connectivity index (χ2v) is 8.54. The number of carbonyl (C=O) groups excluding carboxylic acids is 2. The number of likely N-dealkylation sites (tertiary alicyclic amines) is 1. The molecule has 2 aromatic carbocycles. The highest BCUT2D eigenvalue weighted by molar-refractivity contribution is 6.34. The maximum atomic E-state index is 12.7. The van der Waals surface area contributed by atoms with E-state index in [1.54, 1.807) is 24.3 Å². The summed E-state index contributed by atoms with van der Waals surface area (Å²) in [5.41, 5.74) is 2.41. The summed E-state index contributed by atoms with van der Waals surface area (Å²) in [6, 6.07) is 10.2. The number of H-pyrrole nitrogens is 1. The number of fused-ring (bicyclic) bond motifs is 1. The van der Waals surface area contributed by atoms with Gasteiger partial charge in [-0.2, -0.15) is 0 Å². The molecule has 8 heteroatoms. The van der Waals surface area contributed by atoms with Crippen molar-refractivity contribution in [1.82, 2.24) is 20.2 Å². The van der Waals surface area contributed by atoms with Gasteiger partial charge in [-0.3, -0.25) is 9.59 Å². The Hall–Kier alpha value is -2.57. The molecular weight excluding hydrogens is 423 g/mol. The van der Waals surface area contributed by atoms with E-state index < -0.39 is 0 Å². The van der Waals surface area contributed by atoms with Crippen molar-refractivity contribution in [3.05, 3.63) is 63.4 Å². The summed E-state index contributed by atoms with van der Waals surface area (Å²) in [7, 11) is 0. The first-order valence-corrected chi connectivity index (χ1v) is 10.7. The van der Waals surface area contributed by atoms with Crippen molar-refractivity contribution in [2.45, 2.75) is 26.3 Å². The molecule has 0 atom stereocenters. The molecule has 2 N–H and O–H groups in total. The molecule has 4 rings (SSSR count). The lowest BCUT2D eigenvalue weighted by Gasteiger charge is -2.30. The standard InChI is InChI=1S/C22H22Cl2N4O2/c1-13-6-8-28(9-7-13)22(30)16-4-2-14(10-17(16)24)21(29)25-12-20-26-18-5-3-15(23)11-19(18)27-20/h2-5,10-11,13H,6-9,12H2,1H3,(H,25,29)(H,26,27). The Balaban J connectivity index is 1.41. The van der Waals surface area contributed by atoms with Gasteiger partial charge in [-0.1, -0.05) is 30.1 Å². The van der Waals surface area contributed by atoms with Gasteiger partial charge in [0.25, 0.3) is 11.8 Å². The van der Waals surface area contributed by atoms with Crippen LogP contribution in [0.1, 0.15) is 46.3 Å². The Bertz CT molecular complexity index is 1100. The summed E-state index contributed by atoms with van der Waals surface area (Å²) >= 11 is 12.3. The number of nitrogens with one attached hydrogen (secondary N) is 2. The maximum Gasteiger partial charge on any atom is 0.255 e. The average molecular weight is 445 g/mol. The first-order chi connectivity index (χ1) is 14.4. The fourth-order valence-corrected chi connectivity index (χ4v) is 4.02. The van der Waals surface area contributed by atoms with Crippen molar-refractivity contribution in [2.24, 2.45) is 5.92 Å². The molecule has 1 fully saturated rings. The number of benzene rings is 2. The number of hydrogen-bond acceptors (Lipinski definition) is 3. The van der Waals surface area contributed by atoms with E-state index in [4.69, 9.17) is 23.2 Å². The zero-order valence-electron chi connectivity index (χ0n) is 16.5. The van der Waals surface area contributed by atoms with Gasteiger partial charge < -0.3 is 15.2 Å². The number of nitrogens with zero attached hydrogens (tertiary/aromatic N) is 2. The molecule has 0 spiro atoms. The number of carbonyl (C=O) groups is 2. The minimum Gasteiger partial charge on any atom is -0.345 e. The van der Waals surface area contributed by atoms with E-state index in [0.29, 0.717) is 27.9 Å². The Morgan fingerprint density at radius 3 is 2.67 bits per heavy atom. The van der Waals surface area contributed by atoms with E-state index in [1.807, 2.05) is 11.0 Å². The van der Waals surface area contributed by atoms with Crippen LogP contribution in [-0.4, -0.2) is 39.8 Å². The van der Waals surface area contributed by atoms with Gasteiger partial charge in [-0.25, -0.2) is 4.98 Å². The highest BCUT2D eigenvalue weighted by atomic mass is 35.5. The van der Waals surface area contributed by atoms with Gasteiger partial charge in [0.15, 0.2) is 0 Å². The molecule has 0 bridgehead atoms. The number of aromatic amines is 1. The first kappa shape index (κ1) is 20.7. The molecule has 0 saturated carbocycles. The van der Waals surface area contributed by atoms with E-state index in [0.717, 1.165) is 37.0 Å². The van der Waals surface area contributed by atoms with Gasteiger partial charge in [0.05, 0.1) is 28.2 Å². The topological polar surface area (TPSA) is 78.1 Å². The average Bonchev–Trinajstić information content (AvgIpc) is 3.14. The number of hydrogen-bond donors (Lipinski definition) is 2. The molecule has 1 aliphatic rings. The molecule has 0 aliphatic carbocycles. The van der Waals surface area contributed by atoms with Gasteiger partial charge >= 0.3 is 0 Å². The molecule has 0 unspecified atom stereocenters. The van der Waals surface area contributed by atoms with E-state index in [9.17, 15) is 9.59 Å². The van der Waals surface area contributed by atoms with Crippen LogP contribution in [-0.2, 0) is 6.54 Å². The van der Waals surface area contributed by atoms with Crippen LogP contribution in [0.5, 0.6) is 0 Å². The van der Waals surface area contributed by atoms with Crippen LogP contribution in [0, 0.1) is 5.92 Å². The van der Waals surface area contributed by atoms with E-state index in [2.05, 4.69) is 22.2 Å². The Kier molecular flexibility index (Phi) is 5.97. The molecule has 156 valence electrons. The largest absolute Gasteiger partial charge is 0.345 e. The molecule has 1 saturated heterocycles. The van der Waals surface area contributed by atoms with Gasteiger partial charge in [0.2, 0.25) is 0 Å². The van der Waals surface area contributed by atoms with Crippen LogP contribution in [0.2, 0.25) is 10.0 Å². The second kappa shape index (κ2) is 8.66. The van der Waals surface area contributed by atoms with Gasteiger partial charge in [0.1, 0.15) is 5.82 Å². The predicted molar refractivity (Wildman–Crippen MR) is 118 cm³/mol. The van der Waals surface area contributed by atoms with Gasteiger partial charge in [-0.15, -0.1) is 0 Å². The number of imidazole rings is 1. The van der Waals surface area contributed by atoms with Crippen LogP contribution in [0.25, 0.3) is 11.0 Å². The van der Waals surface area contributed by atoms with E-state index in [1.165, 1.54) is 6.07 Å². The maximum absolute atomic E-state index is 12.7. The molecule has 2 heterocycles. The summed E-state index contributed by atoms with van der Waals surface area (Å²) in [4.78, 5) is 34.7. The normalized spacial score (nSPS) is 14.8. The third kappa shape index (κ3) is 4.45. The first-order valence-electron chi connectivity index (χ1n) is 9.92. The monoisotopic (exact) mass is 444 g/mol. The number of aromatic nitrogens is 2. The van der Waals surface area contributed by atoms with Crippen molar-refractivity contribution in [3.63, 3.8) is 0 Å². The van der Waals surface area contributed by atoms with Crippen LogP contribution >= 0.6 is 23.2 Å². The van der Waals surface area contributed by atoms with Crippen molar-refractivity contribution < 1.29 is 9.59 Å². The molecule has 1 aromatic heterocycles. The molecule has 1 aliphatic heterocycles. The van der Waals surface area contributed by atoms with Crippen molar-refractivity contribution in [2.75, 3.05) is 13.1 Å². The molecule has 3 aromatic rings. The quantitative estimate of drug-likeness (QED) is 0.613. The van der Waals surface area contributed by atoms with Crippen LogP contribution in [0.3, 0.4) is 0 Å². The molecule has 0 radical (unpaired) electrons. The zero-order valence-corrected chi connectivity index (χ0v) is 18.1. The minimum atomic E-state index is -0.291.